The largest absolute Gasteiger partial charge is 0.265 e. The molecular weight excluding hydrogens is 224 g/mol. The van der Waals surface area contributed by atoms with Gasteiger partial charge in [-0.3, -0.25) is 4.18 Å². The van der Waals surface area contributed by atoms with Gasteiger partial charge in [-0.2, -0.15) is 8.42 Å². The standard InChI is InChI=1S/C12H22O3S/c1-4-5-6-7-8-9-10-11-12(2)15-16(3,13)14/h12H,4-9H2,1-3H3/t12-/m1/s1. The second-order valence-electron chi connectivity index (χ2n) is 3.93. The average Bonchev–Trinajstić information content (AvgIpc) is 2.13. The van der Waals surface area contributed by atoms with Gasteiger partial charge in [0.25, 0.3) is 10.1 Å². The first kappa shape index (κ1) is 15.5. The molecule has 0 aromatic heterocycles. The number of unbranched alkanes of at least 4 members (excludes halogenated alkanes) is 5. The van der Waals surface area contributed by atoms with Crippen molar-refractivity contribution in [3.63, 3.8) is 0 Å². The highest BCUT2D eigenvalue weighted by atomic mass is 32.2. The first-order valence-electron chi connectivity index (χ1n) is 5.82. The molecule has 0 unspecified atom stereocenters. The molecule has 0 aromatic rings. The molecule has 3 nitrogen and oxygen atoms in total. The molecular formula is C12H22O3S. The van der Waals surface area contributed by atoms with Crippen LogP contribution >= 0.6 is 0 Å². The van der Waals surface area contributed by atoms with Crippen LogP contribution in [0.2, 0.25) is 0 Å². The lowest BCUT2D eigenvalue weighted by Gasteiger charge is -2.02. The van der Waals surface area contributed by atoms with Crippen molar-refractivity contribution < 1.29 is 12.6 Å². The second-order valence-corrected chi connectivity index (χ2v) is 5.53. The van der Waals surface area contributed by atoms with Crippen molar-refractivity contribution in [2.45, 2.75) is 58.5 Å². The van der Waals surface area contributed by atoms with Crippen LogP contribution in [0.25, 0.3) is 0 Å². The third-order valence-corrected chi connectivity index (χ3v) is 2.67. The normalized spacial score (nSPS) is 12.9. The van der Waals surface area contributed by atoms with E-state index in [4.69, 9.17) is 0 Å². The minimum Gasteiger partial charge on any atom is -0.254 e. The van der Waals surface area contributed by atoms with Gasteiger partial charge >= 0.3 is 0 Å². The molecule has 0 aliphatic carbocycles. The Hall–Kier alpha value is -0.530. The lowest BCUT2D eigenvalue weighted by Crippen LogP contribution is -2.11. The Balaban J connectivity index is 3.61. The monoisotopic (exact) mass is 246 g/mol. The minimum atomic E-state index is -3.38. The minimum absolute atomic E-state index is 0.536. The summed E-state index contributed by atoms with van der Waals surface area (Å²) in [6.07, 6.45) is 7.38. The maximum atomic E-state index is 10.8. The van der Waals surface area contributed by atoms with Gasteiger partial charge in [-0.05, 0) is 13.3 Å². The third kappa shape index (κ3) is 11.5. The van der Waals surface area contributed by atoms with E-state index in [0.29, 0.717) is 0 Å². The summed E-state index contributed by atoms with van der Waals surface area (Å²) in [4.78, 5) is 0. The molecule has 0 fully saturated rings. The molecule has 0 aliphatic heterocycles. The van der Waals surface area contributed by atoms with E-state index in [1.54, 1.807) is 6.92 Å². The molecule has 0 aliphatic rings. The van der Waals surface area contributed by atoms with Crippen LogP contribution in [-0.4, -0.2) is 20.8 Å². The highest BCUT2D eigenvalue weighted by molar-refractivity contribution is 7.86. The maximum absolute atomic E-state index is 10.8. The lowest BCUT2D eigenvalue weighted by molar-refractivity contribution is 0.286. The molecule has 16 heavy (non-hydrogen) atoms. The fraction of sp³-hybridized carbons (Fsp3) is 0.833. The zero-order chi connectivity index (χ0) is 12.4. The lowest BCUT2D eigenvalue weighted by atomic mass is 10.1. The van der Waals surface area contributed by atoms with E-state index < -0.39 is 16.2 Å². The summed E-state index contributed by atoms with van der Waals surface area (Å²) in [5.74, 6) is 5.72. The molecule has 0 amide bonds. The van der Waals surface area contributed by atoms with Crippen LogP contribution in [-0.2, 0) is 14.3 Å². The van der Waals surface area contributed by atoms with Gasteiger partial charge in [0, 0.05) is 6.42 Å². The van der Waals surface area contributed by atoms with Crippen molar-refractivity contribution in [1.82, 2.24) is 0 Å². The predicted octanol–water partition coefficient (Wildman–Crippen LogP) is 2.72. The first-order valence-corrected chi connectivity index (χ1v) is 7.64. The molecule has 0 heterocycles. The van der Waals surface area contributed by atoms with E-state index in [9.17, 15) is 8.42 Å². The Morgan fingerprint density at radius 2 is 1.81 bits per heavy atom. The molecule has 0 spiro atoms. The van der Waals surface area contributed by atoms with Gasteiger partial charge in [-0.15, -0.1) is 5.92 Å². The first-order chi connectivity index (χ1) is 7.45. The molecule has 0 bridgehead atoms. The van der Waals surface area contributed by atoms with Gasteiger partial charge in [-0.25, -0.2) is 0 Å². The maximum Gasteiger partial charge on any atom is 0.265 e. The summed E-state index contributed by atoms with van der Waals surface area (Å²) >= 11 is 0. The van der Waals surface area contributed by atoms with Crippen LogP contribution < -0.4 is 0 Å². The van der Waals surface area contributed by atoms with E-state index >= 15 is 0 Å². The zero-order valence-corrected chi connectivity index (χ0v) is 11.3. The van der Waals surface area contributed by atoms with Crippen molar-refractivity contribution in [3.05, 3.63) is 0 Å². The molecule has 0 saturated heterocycles. The number of rotatable bonds is 7. The fourth-order valence-corrected chi connectivity index (χ4v) is 1.89. The molecule has 0 rings (SSSR count). The Bertz CT molecular complexity index is 322. The Labute approximate surface area is 99.7 Å². The molecule has 1 atom stereocenters. The molecule has 4 heteroatoms. The summed E-state index contributed by atoms with van der Waals surface area (Å²) < 4.78 is 26.2. The topological polar surface area (TPSA) is 43.4 Å². The van der Waals surface area contributed by atoms with Crippen LogP contribution in [0.15, 0.2) is 0 Å². The van der Waals surface area contributed by atoms with Crippen LogP contribution in [0.1, 0.15) is 52.4 Å². The Morgan fingerprint density at radius 3 is 2.38 bits per heavy atom. The van der Waals surface area contributed by atoms with Crippen molar-refractivity contribution in [2.75, 3.05) is 6.26 Å². The summed E-state index contributed by atoms with van der Waals surface area (Å²) in [6, 6.07) is 0. The van der Waals surface area contributed by atoms with Gasteiger partial charge in [0.1, 0.15) is 6.10 Å². The highest BCUT2D eigenvalue weighted by Gasteiger charge is 2.06. The van der Waals surface area contributed by atoms with Gasteiger partial charge in [-0.1, -0.05) is 38.5 Å². The van der Waals surface area contributed by atoms with Crippen LogP contribution in [0.3, 0.4) is 0 Å². The molecule has 0 radical (unpaired) electrons. The quantitative estimate of drug-likeness (QED) is 0.394. The second kappa shape index (κ2) is 8.60. The molecule has 0 N–H and O–H groups in total. The van der Waals surface area contributed by atoms with Crippen molar-refractivity contribution in [2.24, 2.45) is 0 Å². The van der Waals surface area contributed by atoms with Gasteiger partial charge in [0.2, 0.25) is 0 Å². The van der Waals surface area contributed by atoms with E-state index in [1.807, 2.05) is 0 Å². The van der Waals surface area contributed by atoms with Crippen molar-refractivity contribution in [3.8, 4) is 11.8 Å². The number of hydrogen-bond donors (Lipinski definition) is 0. The fourth-order valence-electron chi connectivity index (χ4n) is 1.32. The van der Waals surface area contributed by atoms with Gasteiger partial charge < -0.3 is 0 Å². The smallest absolute Gasteiger partial charge is 0.254 e. The zero-order valence-electron chi connectivity index (χ0n) is 10.5. The van der Waals surface area contributed by atoms with Crippen LogP contribution in [0.4, 0.5) is 0 Å². The van der Waals surface area contributed by atoms with E-state index in [-0.39, 0.29) is 0 Å². The van der Waals surface area contributed by atoms with E-state index in [2.05, 4.69) is 22.9 Å². The Morgan fingerprint density at radius 1 is 1.19 bits per heavy atom. The Kier molecular flexibility index (Phi) is 8.32. The number of hydrogen-bond acceptors (Lipinski definition) is 3. The molecule has 0 aromatic carbocycles. The molecule has 94 valence electrons. The summed E-state index contributed by atoms with van der Waals surface area (Å²) in [5, 5.41) is 0. The van der Waals surface area contributed by atoms with Crippen molar-refractivity contribution in [1.29, 1.82) is 0 Å². The van der Waals surface area contributed by atoms with E-state index in [1.165, 1.54) is 25.7 Å². The average molecular weight is 246 g/mol. The van der Waals surface area contributed by atoms with Gasteiger partial charge in [0.05, 0.1) is 6.26 Å². The summed E-state index contributed by atoms with van der Waals surface area (Å²) in [7, 11) is -3.38. The molecule has 0 saturated carbocycles. The summed E-state index contributed by atoms with van der Waals surface area (Å²) in [6.45, 7) is 3.83. The van der Waals surface area contributed by atoms with Crippen LogP contribution in [0.5, 0.6) is 0 Å². The predicted molar refractivity (Wildman–Crippen MR) is 66.5 cm³/mol. The highest BCUT2D eigenvalue weighted by Crippen LogP contribution is 2.04. The SMILES string of the molecule is CCCCCCCC#C[C@@H](C)OS(C)(=O)=O. The van der Waals surface area contributed by atoms with Crippen molar-refractivity contribution >= 4 is 10.1 Å². The van der Waals surface area contributed by atoms with Gasteiger partial charge in [0.15, 0.2) is 0 Å². The van der Waals surface area contributed by atoms with E-state index in [0.717, 1.165) is 19.1 Å². The third-order valence-electron chi connectivity index (χ3n) is 2.03. The summed E-state index contributed by atoms with van der Waals surface area (Å²) in [5.41, 5.74) is 0. The van der Waals surface area contributed by atoms with Crippen LogP contribution in [0, 0.1) is 11.8 Å².